The first kappa shape index (κ1) is 34.8. The van der Waals surface area contributed by atoms with E-state index in [4.69, 9.17) is 0 Å². The molecule has 0 aromatic heterocycles. The van der Waals surface area contributed by atoms with Crippen molar-refractivity contribution in [2.24, 2.45) is 0 Å². The number of carbonyl (C=O) groups excluding carboxylic acids is 2. The summed E-state index contributed by atoms with van der Waals surface area (Å²) in [5.41, 5.74) is 7.11. The van der Waals surface area contributed by atoms with Crippen LogP contribution in [-0.4, -0.2) is 27.5 Å². The largest absolute Gasteiger partial charge is 1.00 e. The number of amides is 2. The summed E-state index contributed by atoms with van der Waals surface area (Å²) in [5.74, 6) is 0.360. The zero-order valence-corrected chi connectivity index (χ0v) is 27.6. The first-order valence-corrected chi connectivity index (χ1v) is 14.4. The quantitative estimate of drug-likeness (QED) is 0.157. The van der Waals surface area contributed by atoms with Crippen molar-refractivity contribution in [1.82, 2.24) is 4.90 Å². The van der Waals surface area contributed by atoms with Crippen LogP contribution >= 0.6 is 0 Å². The van der Waals surface area contributed by atoms with Gasteiger partial charge in [0.15, 0.2) is 12.8 Å². The number of hydrogen-bond acceptors (Lipinski definition) is 2. The fourth-order valence-electron chi connectivity index (χ4n) is 5.05. The standard InChI is InChI=1S/C19H18NO.C19H17NO.BrH.Pd/c2*21-19-12-11-18(13-16-7-3-1-4-8-16)15-20(19)14-17-9-5-2-6-10-17;;/h1-7,9-10,15H,11-14H2;1-7,9-11,15H,12-14H2;1H;/p-1. The molecule has 0 bridgehead atoms. The number of hydrogen-bond donors (Lipinski definition) is 0. The summed E-state index contributed by atoms with van der Waals surface area (Å²) in [7, 11) is 0. The van der Waals surface area contributed by atoms with Gasteiger partial charge in [-0.25, -0.2) is 4.79 Å². The van der Waals surface area contributed by atoms with Crippen LogP contribution in [0.4, 0.5) is 0 Å². The fourth-order valence-corrected chi connectivity index (χ4v) is 5.05. The van der Waals surface area contributed by atoms with E-state index >= 15 is 0 Å². The van der Waals surface area contributed by atoms with Gasteiger partial charge in [0, 0.05) is 44.2 Å². The summed E-state index contributed by atoms with van der Waals surface area (Å²) in [6.07, 6.45) is 9.65. The van der Waals surface area contributed by atoms with Gasteiger partial charge >= 0.3 is 5.91 Å². The van der Waals surface area contributed by atoms with Gasteiger partial charge in [0.05, 0.1) is 13.0 Å². The molecular formula is C38H35BrN2O2Pd-. The number of nitrogens with zero attached hydrogens (tertiary/aromatic N) is 2. The van der Waals surface area contributed by atoms with Gasteiger partial charge < -0.3 is 21.9 Å². The monoisotopic (exact) mass is 736 g/mol. The summed E-state index contributed by atoms with van der Waals surface area (Å²) in [5, 5.41) is 0. The zero-order valence-electron chi connectivity index (χ0n) is 24.5. The number of benzene rings is 4. The van der Waals surface area contributed by atoms with Crippen LogP contribution in [0.15, 0.2) is 133 Å². The molecule has 2 heterocycles. The predicted octanol–water partition coefficient (Wildman–Crippen LogP) is 3.91. The minimum atomic E-state index is 0. The zero-order chi connectivity index (χ0) is 29.0. The summed E-state index contributed by atoms with van der Waals surface area (Å²) >= 11 is 0. The second kappa shape index (κ2) is 18.2. The Morgan fingerprint density at radius 2 is 1.50 bits per heavy atom. The van der Waals surface area contributed by atoms with Crippen LogP contribution < -0.4 is 17.0 Å². The van der Waals surface area contributed by atoms with E-state index < -0.39 is 0 Å². The van der Waals surface area contributed by atoms with Gasteiger partial charge in [-0.3, -0.25) is 4.79 Å². The van der Waals surface area contributed by atoms with Crippen molar-refractivity contribution in [1.29, 1.82) is 0 Å². The molecule has 4 aromatic carbocycles. The van der Waals surface area contributed by atoms with Crippen LogP contribution in [0.3, 0.4) is 0 Å². The Hall–Kier alpha value is -3.69. The van der Waals surface area contributed by atoms with Crippen LogP contribution in [-0.2, 0) is 55.9 Å². The van der Waals surface area contributed by atoms with E-state index in [0.717, 1.165) is 36.0 Å². The van der Waals surface area contributed by atoms with E-state index in [9.17, 15) is 9.59 Å². The fraction of sp³-hybridized carbons (Fsp3) is 0.184. The van der Waals surface area contributed by atoms with Gasteiger partial charge in [0.2, 0.25) is 5.91 Å². The van der Waals surface area contributed by atoms with Crippen LogP contribution in [0.5, 0.6) is 0 Å². The molecule has 6 heteroatoms. The molecule has 4 nitrogen and oxygen atoms in total. The molecule has 1 radical (unpaired) electrons. The summed E-state index contributed by atoms with van der Waals surface area (Å²) < 4.78 is 1.81. The second-order valence-electron chi connectivity index (χ2n) is 10.5. The van der Waals surface area contributed by atoms with E-state index in [2.05, 4.69) is 36.4 Å². The third-order valence-electron chi connectivity index (χ3n) is 7.25. The van der Waals surface area contributed by atoms with Crippen molar-refractivity contribution in [3.05, 3.63) is 167 Å². The average Bonchev–Trinajstić information content (AvgIpc) is 3.03. The molecule has 6 rings (SSSR count). The Morgan fingerprint density at radius 3 is 2.18 bits per heavy atom. The Balaban J connectivity index is 0.000000230. The molecular weight excluding hydrogens is 703 g/mol. The molecule has 0 N–H and O–H groups in total. The van der Waals surface area contributed by atoms with E-state index in [1.165, 1.54) is 16.7 Å². The van der Waals surface area contributed by atoms with Crippen LogP contribution in [0.1, 0.15) is 41.5 Å². The van der Waals surface area contributed by atoms with E-state index in [0.29, 0.717) is 25.9 Å². The first-order valence-electron chi connectivity index (χ1n) is 14.4. The molecule has 44 heavy (non-hydrogen) atoms. The molecule has 0 saturated carbocycles. The van der Waals surface area contributed by atoms with Crippen molar-refractivity contribution in [2.75, 3.05) is 0 Å². The summed E-state index contributed by atoms with van der Waals surface area (Å²) in [6, 6.07) is 42.7. The predicted molar refractivity (Wildman–Crippen MR) is 166 cm³/mol. The molecule has 2 amide bonds. The van der Waals surface area contributed by atoms with Crippen molar-refractivity contribution in [2.45, 2.75) is 45.2 Å². The third kappa shape index (κ3) is 10.8. The Kier molecular flexibility index (Phi) is 14.4. The Morgan fingerprint density at radius 1 is 0.795 bits per heavy atom. The molecule has 0 atom stereocenters. The smallest absolute Gasteiger partial charge is 0.391 e. The Labute approximate surface area is 285 Å². The van der Waals surface area contributed by atoms with Gasteiger partial charge in [0.1, 0.15) is 0 Å². The number of allylic oxidation sites excluding steroid dienone is 2. The molecule has 0 saturated heterocycles. The van der Waals surface area contributed by atoms with Crippen molar-refractivity contribution < 1.29 is 51.6 Å². The molecule has 0 aliphatic carbocycles. The second-order valence-corrected chi connectivity index (χ2v) is 10.5. The van der Waals surface area contributed by atoms with Crippen molar-refractivity contribution in [3.8, 4) is 0 Å². The maximum absolute atomic E-state index is 12.1. The molecule has 0 fully saturated rings. The van der Waals surface area contributed by atoms with E-state index in [1.807, 2.05) is 113 Å². The van der Waals surface area contributed by atoms with Crippen molar-refractivity contribution in [3.63, 3.8) is 0 Å². The molecule has 4 aromatic rings. The molecule has 2 aliphatic heterocycles. The van der Waals surface area contributed by atoms with Gasteiger partial charge in [-0.15, -0.1) is 0 Å². The molecule has 0 spiro atoms. The molecule has 0 unspecified atom stereocenters. The number of halogens is 1. The maximum atomic E-state index is 12.1. The van der Waals surface area contributed by atoms with E-state index in [-0.39, 0.29) is 49.2 Å². The third-order valence-corrected chi connectivity index (χ3v) is 7.25. The van der Waals surface area contributed by atoms with Crippen LogP contribution in [0, 0.1) is 12.1 Å². The van der Waals surface area contributed by atoms with Gasteiger partial charge in [-0.1, -0.05) is 91.0 Å². The SMILES string of the molecule is O=C1CC=C(Cc2[c-]cccc2)C=[N+]1Cc1ccccc1.O=C1CCC(Cc2[c]cccc2)=CN1Cc1ccccc1.[Br-].[Pd]. The van der Waals surface area contributed by atoms with Crippen LogP contribution in [0.2, 0.25) is 0 Å². The van der Waals surface area contributed by atoms with Gasteiger partial charge in [0.25, 0.3) is 0 Å². The average molecular weight is 738 g/mol. The van der Waals surface area contributed by atoms with Gasteiger partial charge in [-0.05, 0) is 42.0 Å². The first-order chi connectivity index (χ1) is 20.6. The maximum Gasteiger partial charge on any atom is 0.391 e. The summed E-state index contributed by atoms with van der Waals surface area (Å²) in [6.45, 7) is 1.29. The minimum Gasteiger partial charge on any atom is -1.00 e. The van der Waals surface area contributed by atoms with Gasteiger partial charge in [-0.2, -0.15) is 40.5 Å². The van der Waals surface area contributed by atoms with E-state index in [1.54, 1.807) is 0 Å². The summed E-state index contributed by atoms with van der Waals surface area (Å²) in [4.78, 5) is 26.0. The molecule has 227 valence electrons. The normalized spacial score (nSPS) is 14.1. The topological polar surface area (TPSA) is 40.4 Å². The van der Waals surface area contributed by atoms with Crippen molar-refractivity contribution >= 4 is 18.0 Å². The molecule has 2 aliphatic rings. The van der Waals surface area contributed by atoms with Crippen LogP contribution in [0.25, 0.3) is 0 Å². The number of carbonyl (C=O) groups is 2. The minimum absolute atomic E-state index is 0. The Bertz CT molecular complexity index is 1570. The number of rotatable bonds is 8.